The Kier molecular flexibility index (Phi) is 4.27. The van der Waals surface area contributed by atoms with Gasteiger partial charge >= 0.3 is 0 Å². The lowest BCUT2D eigenvalue weighted by Gasteiger charge is -2.47. The number of hydrogen-bond acceptors (Lipinski definition) is 3. The third-order valence-electron chi connectivity index (χ3n) is 5.05. The average Bonchev–Trinajstić information content (AvgIpc) is 2.53. The number of piperidine rings is 1. The summed E-state index contributed by atoms with van der Waals surface area (Å²) in [5.74, 6) is 0.365. The second kappa shape index (κ2) is 6.01. The molecule has 21 heavy (non-hydrogen) atoms. The quantitative estimate of drug-likeness (QED) is 0.853. The van der Waals surface area contributed by atoms with E-state index in [-0.39, 0.29) is 11.8 Å². The predicted octanol–water partition coefficient (Wildman–Crippen LogP) is 3.18. The molecule has 2 atom stereocenters. The number of aliphatic hydroxyl groups is 1. The summed E-state index contributed by atoms with van der Waals surface area (Å²) in [6.07, 6.45) is 7.01. The number of thioether (sulfide) groups is 1. The molecule has 2 aliphatic rings. The van der Waals surface area contributed by atoms with Crippen molar-refractivity contribution in [2.75, 3.05) is 19.3 Å². The van der Waals surface area contributed by atoms with E-state index in [2.05, 4.69) is 0 Å². The van der Waals surface area contributed by atoms with Gasteiger partial charge in [-0.25, -0.2) is 0 Å². The van der Waals surface area contributed by atoms with Gasteiger partial charge in [-0.1, -0.05) is 12.8 Å². The first kappa shape index (κ1) is 14.9. The van der Waals surface area contributed by atoms with Crippen molar-refractivity contribution < 1.29 is 9.90 Å². The van der Waals surface area contributed by atoms with E-state index in [1.54, 1.807) is 11.8 Å². The van der Waals surface area contributed by atoms with Gasteiger partial charge in [-0.05, 0) is 49.8 Å². The molecule has 114 valence electrons. The number of nitrogens with zero attached hydrogens (tertiary/aromatic N) is 1. The summed E-state index contributed by atoms with van der Waals surface area (Å²) in [6.45, 7) is 1.38. The van der Waals surface area contributed by atoms with Gasteiger partial charge in [0.15, 0.2) is 0 Å². The van der Waals surface area contributed by atoms with Crippen LogP contribution in [-0.2, 0) is 0 Å². The van der Waals surface area contributed by atoms with Gasteiger partial charge in [0.25, 0.3) is 5.91 Å². The zero-order chi connectivity index (χ0) is 14.9. The van der Waals surface area contributed by atoms with Crippen LogP contribution in [0, 0.1) is 5.92 Å². The van der Waals surface area contributed by atoms with E-state index in [4.69, 9.17) is 0 Å². The number of likely N-dealkylation sites (tertiary alicyclic amines) is 1. The number of hydrogen-bond donors (Lipinski definition) is 1. The van der Waals surface area contributed by atoms with E-state index in [9.17, 15) is 9.90 Å². The Morgan fingerprint density at radius 2 is 2.05 bits per heavy atom. The molecule has 1 saturated heterocycles. The molecule has 3 nitrogen and oxygen atoms in total. The first-order chi connectivity index (χ1) is 10.1. The van der Waals surface area contributed by atoms with Gasteiger partial charge in [-0.2, -0.15) is 0 Å². The summed E-state index contributed by atoms with van der Waals surface area (Å²) in [6, 6.07) is 7.82. The highest BCUT2D eigenvalue weighted by molar-refractivity contribution is 7.98. The molecule has 4 heteroatoms. The molecule has 1 amide bonds. The van der Waals surface area contributed by atoms with Crippen LogP contribution in [0.3, 0.4) is 0 Å². The molecule has 0 bridgehead atoms. The third-order valence-corrected chi connectivity index (χ3v) is 5.80. The topological polar surface area (TPSA) is 40.5 Å². The van der Waals surface area contributed by atoms with Crippen molar-refractivity contribution in [1.29, 1.82) is 0 Å². The highest BCUT2D eigenvalue weighted by atomic mass is 32.2. The van der Waals surface area contributed by atoms with Gasteiger partial charge in [-0.3, -0.25) is 4.79 Å². The number of fused-ring (bicyclic) bond motifs is 1. The van der Waals surface area contributed by atoms with Crippen LogP contribution in [0.4, 0.5) is 0 Å². The minimum absolute atomic E-state index is 0.107. The Balaban J connectivity index is 1.70. The van der Waals surface area contributed by atoms with E-state index >= 15 is 0 Å². The fourth-order valence-electron chi connectivity index (χ4n) is 3.67. The van der Waals surface area contributed by atoms with Crippen molar-refractivity contribution in [3.05, 3.63) is 29.8 Å². The van der Waals surface area contributed by atoms with Crippen molar-refractivity contribution >= 4 is 17.7 Å². The molecular formula is C17H23NO2S. The fourth-order valence-corrected chi connectivity index (χ4v) is 4.08. The molecule has 0 radical (unpaired) electrons. The van der Waals surface area contributed by atoms with E-state index < -0.39 is 5.60 Å². The predicted molar refractivity (Wildman–Crippen MR) is 85.7 cm³/mol. The van der Waals surface area contributed by atoms with E-state index in [0.29, 0.717) is 13.1 Å². The van der Waals surface area contributed by atoms with Gasteiger partial charge in [0, 0.05) is 29.5 Å². The molecular weight excluding hydrogens is 282 g/mol. The molecule has 1 aliphatic carbocycles. The van der Waals surface area contributed by atoms with Crippen LogP contribution in [0.1, 0.15) is 42.5 Å². The molecule has 2 unspecified atom stereocenters. The van der Waals surface area contributed by atoms with Crippen LogP contribution >= 0.6 is 11.8 Å². The maximum atomic E-state index is 12.6. The Labute approximate surface area is 130 Å². The highest BCUT2D eigenvalue weighted by Crippen LogP contribution is 2.40. The van der Waals surface area contributed by atoms with Crippen molar-refractivity contribution in [2.24, 2.45) is 5.92 Å². The molecule has 1 aromatic rings. The zero-order valence-electron chi connectivity index (χ0n) is 12.5. The molecule has 0 aromatic heterocycles. The first-order valence-electron chi connectivity index (χ1n) is 7.78. The van der Waals surface area contributed by atoms with Gasteiger partial charge in [0.1, 0.15) is 0 Å². The molecule has 1 aromatic carbocycles. The van der Waals surface area contributed by atoms with E-state index in [1.807, 2.05) is 35.4 Å². The SMILES string of the molecule is CSc1ccc(C(=O)N2CCC3(O)CCCCC3C2)cc1. The summed E-state index contributed by atoms with van der Waals surface area (Å²) < 4.78 is 0. The Bertz CT molecular complexity index is 516. The summed E-state index contributed by atoms with van der Waals surface area (Å²) >= 11 is 1.68. The molecule has 1 heterocycles. The third kappa shape index (κ3) is 2.97. The number of benzene rings is 1. The van der Waals surface area contributed by atoms with Crippen molar-refractivity contribution in [2.45, 2.75) is 42.6 Å². The van der Waals surface area contributed by atoms with Crippen LogP contribution < -0.4 is 0 Å². The van der Waals surface area contributed by atoms with Gasteiger partial charge in [0.05, 0.1) is 5.60 Å². The maximum absolute atomic E-state index is 12.6. The molecule has 1 N–H and O–H groups in total. The van der Waals surface area contributed by atoms with Gasteiger partial charge in [0.2, 0.25) is 0 Å². The molecule has 1 saturated carbocycles. The average molecular weight is 305 g/mol. The summed E-state index contributed by atoms with van der Waals surface area (Å²) in [4.78, 5) is 15.7. The van der Waals surface area contributed by atoms with Gasteiger partial charge in [-0.15, -0.1) is 11.8 Å². The second-order valence-corrected chi connectivity index (χ2v) is 7.16. The minimum atomic E-state index is -0.516. The lowest BCUT2D eigenvalue weighted by Crippen LogP contribution is -2.54. The monoisotopic (exact) mass is 305 g/mol. The second-order valence-electron chi connectivity index (χ2n) is 6.28. The molecule has 2 fully saturated rings. The number of carbonyl (C=O) groups is 1. The lowest BCUT2D eigenvalue weighted by atomic mass is 9.71. The fraction of sp³-hybridized carbons (Fsp3) is 0.588. The van der Waals surface area contributed by atoms with Crippen molar-refractivity contribution in [1.82, 2.24) is 4.90 Å². The smallest absolute Gasteiger partial charge is 0.253 e. The van der Waals surface area contributed by atoms with E-state index in [1.165, 1.54) is 11.3 Å². The van der Waals surface area contributed by atoms with Crippen LogP contribution in [0.25, 0.3) is 0 Å². The minimum Gasteiger partial charge on any atom is -0.389 e. The zero-order valence-corrected chi connectivity index (χ0v) is 13.4. The standard InChI is InChI=1S/C17H23NO2S/c1-21-15-7-5-13(6-8-15)16(19)18-11-10-17(20)9-3-2-4-14(17)12-18/h5-8,14,20H,2-4,9-12H2,1H3. The Hall–Kier alpha value is -1.00. The van der Waals surface area contributed by atoms with Crippen LogP contribution in [0.15, 0.2) is 29.2 Å². The first-order valence-corrected chi connectivity index (χ1v) is 9.00. The summed E-state index contributed by atoms with van der Waals surface area (Å²) in [5, 5.41) is 10.7. The lowest BCUT2D eigenvalue weighted by molar-refractivity contribution is -0.0886. The Morgan fingerprint density at radius 3 is 2.76 bits per heavy atom. The molecule has 0 spiro atoms. The Morgan fingerprint density at radius 1 is 1.29 bits per heavy atom. The molecule has 3 rings (SSSR count). The molecule has 1 aliphatic heterocycles. The van der Waals surface area contributed by atoms with Crippen LogP contribution in [0.5, 0.6) is 0 Å². The number of amides is 1. The number of rotatable bonds is 2. The maximum Gasteiger partial charge on any atom is 0.253 e. The largest absolute Gasteiger partial charge is 0.389 e. The summed E-state index contributed by atoms with van der Waals surface area (Å²) in [5.41, 5.74) is 0.242. The van der Waals surface area contributed by atoms with Crippen LogP contribution in [-0.4, -0.2) is 40.9 Å². The van der Waals surface area contributed by atoms with Crippen LogP contribution in [0.2, 0.25) is 0 Å². The van der Waals surface area contributed by atoms with E-state index in [0.717, 1.165) is 31.2 Å². The van der Waals surface area contributed by atoms with Gasteiger partial charge < -0.3 is 10.0 Å². The van der Waals surface area contributed by atoms with Crippen molar-refractivity contribution in [3.8, 4) is 0 Å². The highest BCUT2D eigenvalue weighted by Gasteiger charge is 2.43. The normalized spacial score (nSPS) is 29.0. The summed E-state index contributed by atoms with van der Waals surface area (Å²) in [7, 11) is 0. The van der Waals surface area contributed by atoms with Crippen molar-refractivity contribution in [3.63, 3.8) is 0 Å². The number of carbonyl (C=O) groups excluding carboxylic acids is 1.